The second-order valence-corrected chi connectivity index (χ2v) is 9.34. The first-order valence-corrected chi connectivity index (χ1v) is 12.2. The van der Waals surface area contributed by atoms with E-state index in [1.54, 1.807) is 18.2 Å². The van der Waals surface area contributed by atoms with Crippen molar-refractivity contribution < 1.29 is 23.9 Å². The number of likely N-dealkylation sites (tertiary alicyclic amines) is 1. The lowest BCUT2D eigenvalue weighted by molar-refractivity contribution is -0.125. The van der Waals surface area contributed by atoms with Crippen molar-refractivity contribution in [1.82, 2.24) is 15.5 Å². The Morgan fingerprint density at radius 3 is 2.46 bits per heavy atom. The number of nitrogens with one attached hydrogen (secondary N) is 2. The van der Waals surface area contributed by atoms with E-state index in [9.17, 15) is 14.4 Å². The third-order valence-electron chi connectivity index (χ3n) is 6.77. The van der Waals surface area contributed by atoms with E-state index in [0.717, 1.165) is 12.0 Å². The van der Waals surface area contributed by atoms with Gasteiger partial charge in [-0.15, -0.1) is 0 Å². The zero-order chi connectivity index (χ0) is 24.9. The zero-order valence-electron chi connectivity index (χ0n) is 20.5. The fraction of sp³-hybridized carbons (Fsp3) is 0.444. The van der Waals surface area contributed by atoms with Crippen molar-refractivity contribution in [1.29, 1.82) is 0 Å². The Balaban J connectivity index is 1.45. The fourth-order valence-electron chi connectivity index (χ4n) is 4.49. The van der Waals surface area contributed by atoms with Gasteiger partial charge in [0.05, 0.1) is 0 Å². The number of carbonyl (C=O) groups is 3. The summed E-state index contributed by atoms with van der Waals surface area (Å²) in [6, 6.07) is 11.9. The van der Waals surface area contributed by atoms with Gasteiger partial charge < -0.3 is 25.0 Å². The van der Waals surface area contributed by atoms with Gasteiger partial charge in [-0.3, -0.25) is 14.4 Å². The van der Waals surface area contributed by atoms with Gasteiger partial charge in [0.2, 0.25) is 12.7 Å². The molecule has 0 radical (unpaired) electrons. The number of hydrogen-bond donors (Lipinski definition) is 2. The first-order valence-electron chi connectivity index (χ1n) is 12.2. The highest BCUT2D eigenvalue weighted by Crippen LogP contribution is 2.32. The van der Waals surface area contributed by atoms with Gasteiger partial charge in [0.1, 0.15) is 6.04 Å². The molecule has 2 N–H and O–H groups in total. The standard InChI is InChI=1S/C27H33N3O5/c1-4-18(3)28-26(32)24(29-25(31)20-8-9-22-23(15-20)35-16-34-22)19-10-12-30(13-11-19)27(33)21-7-5-6-17(2)14-21/h5-9,14-15,18-19,24H,4,10-13,16H2,1-3H3,(H,28,32)(H,29,31). The molecule has 0 bridgehead atoms. The Labute approximate surface area is 206 Å². The Kier molecular flexibility index (Phi) is 7.58. The number of hydrogen-bond acceptors (Lipinski definition) is 5. The molecule has 3 amide bonds. The molecule has 0 aliphatic carbocycles. The third-order valence-corrected chi connectivity index (χ3v) is 6.77. The maximum absolute atomic E-state index is 13.2. The van der Waals surface area contributed by atoms with Crippen molar-refractivity contribution in [2.24, 2.45) is 5.92 Å². The molecule has 4 rings (SSSR count). The molecule has 1 fully saturated rings. The third kappa shape index (κ3) is 5.75. The molecule has 2 aliphatic heterocycles. The number of amides is 3. The van der Waals surface area contributed by atoms with E-state index in [-0.39, 0.29) is 36.5 Å². The Bertz CT molecular complexity index is 1090. The number of fused-ring (bicyclic) bond motifs is 1. The summed E-state index contributed by atoms with van der Waals surface area (Å²) >= 11 is 0. The molecule has 2 aromatic rings. The first kappa shape index (κ1) is 24.6. The summed E-state index contributed by atoms with van der Waals surface area (Å²) in [6.45, 7) is 7.10. The smallest absolute Gasteiger partial charge is 0.253 e. The number of nitrogens with zero attached hydrogens (tertiary/aromatic N) is 1. The molecule has 186 valence electrons. The summed E-state index contributed by atoms with van der Waals surface area (Å²) < 4.78 is 10.7. The SMILES string of the molecule is CCC(C)NC(=O)C(NC(=O)c1ccc2c(c1)OCO2)C1CCN(C(=O)c2cccc(C)c2)CC1. The van der Waals surface area contributed by atoms with Crippen molar-refractivity contribution in [2.75, 3.05) is 19.9 Å². The molecule has 35 heavy (non-hydrogen) atoms. The maximum Gasteiger partial charge on any atom is 0.253 e. The summed E-state index contributed by atoms with van der Waals surface area (Å²) in [4.78, 5) is 41.1. The quantitative estimate of drug-likeness (QED) is 0.635. The van der Waals surface area contributed by atoms with Crippen molar-refractivity contribution in [3.05, 3.63) is 59.2 Å². The molecule has 2 aromatic carbocycles. The highest BCUT2D eigenvalue weighted by Gasteiger charge is 2.34. The van der Waals surface area contributed by atoms with Crippen molar-refractivity contribution >= 4 is 17.7 Å². The Hall–Kier alpha value is -3.55. The van der Waals surface area contributed by atoms with Crippen LogP contribution in [-0.2, 0) is 4.79 Å². The van der Waals surface area contributed by atoms with Crippen LogP contribution in [0.3, 0.4) is 0 Å². The number of benzene rings is 2. The van der Waals surface area contributed by atoms with Crippen LogP contribution in [-0.4, -0.2) is 54.6 Å². The van der Waals surface area contributed by atoms with Gasteiger partial charge in [0.15, 0.2) is 11.5 Å². The maximum atomic E-state index is 13.2. The summed E-state index contributed by atoms with van der Waals surface area (Å²) in [5, 5.41) is 5.97. The number of carbonyl (C=O) groups excluding carboxylic acids is 3. The normalized spacial score (nSPS) is 16.9. The Morgan fingerprint density at radius 1 is 1.00 bits per heavy atom. The molecule has 0 aromatic heterocycles. The van der Waals surface area contributed by atoms with Crippen LogP contribution in [0.15, 0.2) is 42.5 Å². The molecule has 2 unspecified atom stereocenters. The summed E-state index contributed by atoms with van der Waals surface area (Å²) in [5.41, 5.74) is 2.12. The largest absolute Gasteiger partial charge is 0.454 e. The molecule has 0 saturated carbocycles. The lowest BCUT2D eigenvalue weighted by Gasteiger charge is -2.36. The lowest BCUT2D eigenvalue weighted by atomic mass is 9.88. The van der Waals surface area contributed by atoms with Gasteiger partial charge in [0, 0.05) is 30.3 Å². The highest BCUT2D eigenvalue weighted by molar-refractivity contribution is 5.98. The average molecular weight is 480 g/mol. The van der Waals surface area contributed by atoms with Crippen LogP contribution in [0, 0.1) is 12.8 Å². The topological polar surface area (TPSA) is 97.0 Å². The molecule has 2 aliphatic rings. The van der Waals surface area contributed by atoms with E-state index in [1.165, 1.54) is 0 Å². The summed E-state index contributed by atoms with van der Waals surface area (Å²) in [7, 11) is 0. The number of aryl methyl sites for hydroxylation is 1. The van der Waals surface area contributed by atoms with Crippen molar-refractivity contribution in [3.8, 4) is 11.5 Å². The van der Waals surface area contributed by atoms with Crippen LogP contribution in [0.25, 0.3) is 0 Å². The molecule has 8 nitrogen and oxygen atoms in total. The molecule has 2 heterocycles. The van der Waals surface area contributed by atoms with Gasteiger partial charge in [0.25, 0.3) is 11.8 Å². The first-order chi connectivity index (χ1) is 16.9. The lowest BCUT2D eigenvalue weighted by Crippen LogP contribution is -2.55. The molecule has 0 spiro atoms. The molecular formula is C27H33N3O5. The van der Waals surface area contributed by atoms with Crippen LogP contribution in [0.1, 0.15) is 59.4 Å². The van der Waals surface area contributed by atoms with Gasteiger partial charge in [-0.05, 0) is 69.4 Å². The van der Waals surface area contributed by atoms with E-state index in [4.69, 9.17) is 9.47 Å². The minimum Gasteiger partial charge on any atom is -0.454 e. The van der Waals surface area contributed by atoms with Crippen molar-refractivity contribution in [2.45, 2.75) is 52.1 Å². The van der Waals surface area contributed by atoms with E-state index >= 15 is 0 Å². The number of rotatable bonds is 7. The van der Waals surface area contributed by atoms with E-state index < -0.39 is 6.04 Å². The van der Waals surface area contributed by atoms with Crippen LogP contribution in [0.5, 0.6) is 11.5 Å². The van der Waals surface area contributed by atoms with E-state index in [1.807, 2.05) is 49.9 Å². The molecule has 8 heteroatoms. The highest BCUT2D eigenvalue weighted by atomic mass is 16.7. The predicted octanol–water partition coefficient (Wildman–Crippen LogP) is 3.29. The van der Waals surface area contributed by atoms with Crippen LogP contribution < -0.4 is 20.1 Å². The van der Waals surface area contributed by atoms with Crippen LogP contribution in [0.4, 0.5) is 0 Å². The van der Waals surface area contributed by atoms with Crippen molar-refractivity contribution in [3.63, 3.8) is 0 Å². The predicted molar refractivity (Wildman–Crippen MR) is 132 cm³/mol. The zero-order valence-corrected chi connectivity index (χ0v) is 20.5. The summed E-state index contributed by atoms with van der Waals surface area (Å²) in [6.07, 6.45) is 2.03. The van der Waals surface area contributed by atoms with Gasteiger partial charge in [-0.1, -0.05) is 24.6 Å². The Morgan fingerprint density at radius 2 is 1.74 bits per heavy atom. The number of ether oxygens (including phenoxy) is 2. The molecular weight excluding hydrogens is 446 g/mol. The molecule has 2 atom stereocenters. The average Bonchev–Trinajstić information content (AvgIpc) is 3.34. The minimum atomic E-state index is -0.696. The second kappa shape index (κ2) is 10.8. The van der Waals surface area contributed by atoms with E-state index in [0.29, 0.717) is 48.6 Å². The minimum absolute atomic E-state index is 0.00264. The van der Waals surface area contributed by atoms with Crippen LogP contribution >= 0.6 is 0 Å². The molecule has 1 saturated heterocycles. The monoisotopic (exact) mass is 479 g/mol. The fourth-order valence-corrected chi connectivity index (χ4v) is 4.49. The summed E-state index contributed by atoms with van der Waals surface area (Å²) in [5.74, 6) is 0.484. The van der Waals surface area contributed by atoms with Crippen LogP contribution in [0.2, 0.25) is 0 Å². The second-order valence-electron chi connectivity index (χ2n) is 9.34. The van der Waals surface area contributed by atoms with Gasteiger partial charge in [-0.25, -0.2) is 0 Å². The van der Waals surface area contributed by atoms with Gasteiger partial charge in [-0.2, -0.15) is 0 Å². The van der Waals surface area contributed by atoms with Gasteiger partial charge >= 0.3 is 0 Å². The number of piperidine rings is 1. The van der Waals surface area contributed by atoms with E-state index in [2.05, 4.69) is 10.6 Å².